The van der Waals surface area contributed by atoms with Crippen molar-refractivity contribution in [2.24, 2.45) is 0 Å². The molecule has 24 heavy (non-hydrogen) atoms. The Morgan fingerprint density at radius 2 is 1.96 bits per heavy atom. The predicted molar refractivity (Wildman–Crippen MR) is 114 cm³/mol. The maximum absolute atomic E-state index is 8.24. The highest BCUT2D eigenvalue weighted by molar-refractivity contribution is 7.78. The van der Waals surface area contributed by atoms with Gasteiger partial charge in [-0.25, -0.2) is 0 Å². The van der Waals surface area contributed by atoms with E-state index in [0.717, 1.165) is 22.3 Å². The van der Waals surface area contributed by atoms with Gasteiger partial charge < -0.3 is 0 Å². The number of hydrogen-bond donors (Lipinski definition) is 2. The second-order valence-corrected chi connectivity index (χ2v) is 8.00. The van der Waals surface area contributed by atoms with Gasteiger partial charge in [0.15, 0.2) is 0 Å². The number of nitrogens with one attached hydrogen (secondary N) is 1. The number of nitrogens with zero attached hydrogens (tertiary/aromatic N) is 1. The third kappa shape index (κ3) is 2.53. The molecule has 1 aliphatic rings. The van der Waals surface area contributed by atoms with Gasteiger partial charge in [-0.2, -0.15) is 0 Å². The summed E-state index contributed by atoms with van der Waals surface area (Å²) in [5.74, 6) is 0.453. The number of fused-ring (bicyclic) bond motifs is 1. The lowest BCUT2D eigenvalue weighted by molar-refractivity contribution is 0.375. The van der Waals surface area contributed by atoms with Crippen LogP contribution in [0.25, 0.3) is 5.57 Å². The lowest BCUT2D eigenvalue weighted by Gasteiger charge is -2.28. The molecule has 0 amide bonds. The molecule has 1 heterocycles. The number of rotatable bonds is 2. The number of benzene rings is 2. The van der Waals surface area contributed by atoms with Gasteiger partial charge in [0.1, 0.15) is 13.7 Å². The van der Waals surface area contributed by atoms with Crippen LogP contribution in [0.2, 0.25) is 0 Å². The molecule has 0 saturated heterocycles. The van der Waals surface area contributed by atoms with Crippen LogP contribution < -0.4 is 10.8 Å². The summed E-state index contributed by atoms with van der Waals surface area (Å²) >= 11 is 4.49. The summed E-state index contributed by atoms with van der Waals surface area (Å²) in [5.41, 5.74) is 7.53. The summed E-state index contributed by atoms with van der Waals surface area (Å²) < 4.78 is 1.72. The molecule has 0 spiro atoms. The van der Waals surface area contributed by atoms with E-state index in [1.165, 1.54) is 21.9 Å². The SMILES string of the molecule is Bc1cc(C)c(C(=C)c2ccc3c(c2)C(C)(C)N(S)C3=N)cc1P. The van der Waals surface area contributed by atoms with E-state index in [4.69, 9.17) is 5.41 Å². The molecule has 2 aromatic rings. The van der Waals surface area contributed by atoms with Crippen LogP contribution in [0.3, 0.4) is 0 Å². The van der Waals surface area contributed by atoms with Crippen molar-refractivity contribution in [3.63, 3.8) is 0 Å². The zero-order valence-electron chi connectivity index (χ0n) is 14.6. The van der Waals surface area contributed by atoms with Gasteiger partial charge in [0.2, 0.25) is 0 Å². The van der Waals surface area contributed by atoms with Gasteiger partial charge in [-0.1, -0.05) is 43.1 Å². The molecule has 3 rings (SSSR count). The summed E-state index contributed by atoms with van der Waals surface area (Å²) in [6, 6.07) is 10.6. The highest BCUT2D eigenvalue weighted by Gasteiger charge is 2.39. The Labute approximate surface area is 153 Å². The third-order valence-electron chi connectivity index (χ3n) is 4.96. The molecule has 122 valence electrons. The standard InChI is InChI=1S/C19H22BN2PS/c1-10-7-16(20)17(23)9-14(10)11(2)12-5-6-13-15(8-12)19(3,4)22(24)18(13)21/h5-9,21,24H,2,20,23H2,1,3-4H3. The maximum atomic E-state index is 8.24. The van der Waals surface area contributed by atoms with Gasteiger partial charge >= 0.3 is 0 Å². The van der Waals surface area contributed by atoms with Crippen molar-refractivity contribution in [2.75, 3.05) is 0 Å². The Morgan fingerprint density at radius 1 is 1.29 bits per heavy atom. The number of thiol groups is 1. The Balaban J connectivity index is 2.10. The van der Waals surface area contributed by atoms with E-state index in [0.29, 0.717) is 5.84 Å². The van der Waals surface area contributed by atoms with Crippen LogP contribution in [0.15, 0.2) is 36.9 Å². The molecule has 5 heteroatoms. The highest BCUT2D eigenvalue weighted by atomic mass is 32.1. The average molecular weight is 352 g/mol. The molecule has 0 aromatic heterocycles. The molecule has 1 unspecified atom stereocenters. The zero-order chi connectivity index (χ0) is 17.8. The molecule has 1 aliphatic heterocycles. The van der Waals surface area contributed by atoms with Crippen LogP contribution in [0.1, 0.15) is 41.7 Å². The lowest BCUT2D eigenvalue weighted by atomic mass is 9.86. The first kappa shape index (κ1) is 17.3. The van der Waals surface area contributed by atoms with E-state index in [-0.39, 0.29) is 5.54 Å². The van der Waals surface area contributed by atoms with Crippen molar-refractivity contribution < 1.29 is 0 Å². The normalized spacial score (nSPS) is 15.5. The number of aryl methyl sites for hydroxylation is 1. The quantitative estimate of drug-likeness (QED) is 0.485. The van der Waals surface area contributed by atoms with Crippen molar-refractivity contribution in [1.82, 2.24) is 4.31 Å². The fourth-order valence-electron chi connectivity index (χ4n) is 3.30. The predicted octanol–water partition coefficient (Wildman–Crippen LogP) is 2.54. The summed E-state index contributed by atoms with van der Waals surface area (Å²) in [6.07, 6.45) is 0. The van der Waals surface area contributed by atoms with Crippen molar-refractivity contribution in [3.8, 4) is 0 Å². The van der Waals surface area contributed by atoms with Gasteiger partial charge in [0.05, 0.1) is 5.54 Å². The molecular weight excluding hydrogens is 330 g/mol. The second-order valence-electron chi connectivity index (χ2n) is 6.98. The lowest BCUT2D eigenvalue weighted by Crippen LogP contribution is -2.31. The molecule has 0 bridgehead atoms. The summed E-state index contributed by atoms with van der Waals surface area (Å²) in [4.78, 5) is 0. The Kier molecular flexibility index (Phi) is 4.18. The van der Waals surface area contributed by atoms with Gasteiger partial charge in [0, 0.05) is 5.56 Å². The van der Waals surface area contributed by atoms with Crippen LogP contribution in [-0.2, 0) is 5.54 Å². The molecular formula is C19H22BN2PS. The Morgan fingerprint density at radius 3 is 2.62 bits per heavy atom. The van der Waals surface area contributed by atoms with Crippen molar-refractivity contribution >= 4 is 52.1 Å². The average Bonchev–Trinajstić information content (AvgIpc) is 2.71. The minimum Gasteiger partial charge on any atom is -0.293 e. The molecule has 1 atom stereocenters. The van der Waals surface area contributed by atoms with Crippen molar-refractivity contribution in [3.05, 3.63) is 64.7 Å². The zero-order valence-corrected chi connectivity index (χ0v) is 16.6. The van der Waals surface area contributed by atoms with Gasteiger partial charge in [-0.3, -0.25) is 9.71 Å². The maximum Gasteiger partial charge on any atom is 0.140 e. The van der Waals surface area contributed by atoms with Crippen LogP contribution >= 0.6 is 22.1 Å². The third-order valence-corrected chi connectivity index (χ3v) is 6.28. The van der Waals surface area contributed by atoms with E-state index < -0.39 is 0 Å². The minimum absolute atomic E-state index is 0.306. The smallest absolute Gasteiger partial charge is 0.140 e. The first-order chi connectivity index (χ1) is 11.1. The number of hydrogen-bond acceptors (Lipinski definition) is 2. The minimum atomic E-state index is -0.306. The van der Waals surface area contributed by atoms with Gasteiger partial charge in [-0.15, -0.1) is 9.24 Å². The van der Waals surface area contributed by atoms with Crippen LogP contribution in [0, 0.1) is 12.3 Å². The molecule has 0 saturated carbocycles. The van der Waals surface area contributed by atoms with Crippen LogP contribution in [0.4, 0.5) is 0 Å². The Hall–Kier alpha value is -1.51. The second kappa shape index (κ2) is 5.79. The molecule has 2 aromatic carbocycles. The first-order valence-corrected chi connectivity index (χ1v) is 8.91. The molecule has 0 aliphatic carbocycles. The summed E-state index contributed by atoms with van der Waals surface area (Å²) in [6.45, 7) is 10.6. The summed E-state index contributed by atoms with van der Waals surface area (Å²) in [7, 11) is 4.91. The highest BCUT2D eigenvalue weighted by Crippen LogP contribution is 2.41. The van der Waals surface area contributed by atoms with E-state index in [1.54, 1.807) is 4.31 Å². The van der Waals surface area contributed by atoms with Crippen LogP contribution in [-0.4, -0.2) is 18.0 Å². The molecule has 1 N–H and O–H groups in total. The fourth-order valence-corrected chi connectivity index (χ4v) is 3.77. The van der Waals surface area contributed by atoms with E-state index in [2.05, 4.69) is 81.5 Å². The Bertz CT molecular complexity index is 889. The van der Waals surface area contributed by atoms with Crippen molar-refractivity contribution in [1.29, 1.82) is 5.41 Å². The van der Waals surface area contributed by atoms with E-state index in [1.807, 2.05) is 6.07 Å². The van der Waals surface area contributed by atoms with E-state index in [9.17, 15) is 0 Å². The van der Waals surface area contributed by atoms with E-state index >= 15 is 0 Å². The van der Waals surface area contributed by atoms with Gasteiger partial charge in [-0.05, 0) is 66.0 Å². The largest absolute Gasteiger partial charge is 0.293 e. The van der Waals surface area contributed by atoms with Crippen molar-refractivity contribution in [2.45, 2.75) is 26.3 Å². The molecule has 0 fully saturated rings. The monoisotopic (exact) mass is 352 g/mol. The van der Waals surface area contributed by atoms with Gasteiger partial charge in [0.25, 0.3) is 0 Å². The topological polar surface area (TPSA) is 27.1 Å². The molecule has 2 nitrogen and oxygen atoms in total. The molecule has 0 radical (unpaired) electrons. The number of amidine groups is 1. The van der Waals surface area contributed by atoms with Crippen LogP contribution in [0.5, 0.6) is 0 Å². The fraction of sp³-hybridized carbons (Fsp3) is 0.211. The first-order valence-electron chi connectivity index (χ1n) is 7.93. The summed E-state index contributed by atoms with van der Waals surface area (Å²) in [5, 5.41) is 9.44.